The summed E-state index contributed by atoms with van der Waals surface area (Å²) < 4.78 is 11.5. The van der Waals surface area contributed by atoms with Crippen LogP contribution >= 0.6 is 0 Å². The van der Waals surface area contributed by atoms with Crippen molar-refractivity contribution < 1.29 is 19.1 Å². The lowest BCUT2D eigenvalue weighted by Crippen LogP contribution is -2.62. The average molecular weight is 509 g/mol. The summed E-state index contributed by atoms with van der Waals surface area (Å²) in [6.07, 6.45) is 9.79. The number of carbonyl (C=O) groups is 2. The second kappa shape index (κ2) is 9.95. The number of para-hydroxylation sites is 1. The van der Waals surface area contributed by atoms with Crippen LogP contribution in [0.5, 0.6) is 0 Å². The molecule has 37 heavy (non-hydrogen) atoms. The molecule has 2 heterocycles. The Bertz CT molecular complexity index is 1120. The highest BCUT2D eigenvalue weighted by Gasteiger charge is 2.50. The molecule has 2 amide bonds. The zero-order chi connectivity index (χ0) is 25.6. The molecule has 0 radical (unpaired) electrons. The fraction of sp³-hybridized carbons (Fsp3) is 0.655. The van der Waals surface area contributed by atoms with Crippen LogP contribution in [-0.2, 0) is 20.7 Å². The molecule has 4 aliphatic carbocycles. The number of benzene rings is 1. The maximum atomic E-state index is 13.8. The summed E-state index contributed by atoms with van der Waals surface area (Å²) in [4.78, 5) is 30.5. The van der Waals surface area contributed by atoms with E-state index in [-0.39, 0.29) is 18.1 Å². The molecule has 3 N–H and O–H groups in total. The van der Waals surface area contributed by atoms with E-state index in [0.717, 1.165) is 47.7 Å². The largest absolute Gasteiger partial charge is 0.446 e. The van der Waals surface area contributed by atoms with E-state index in [4.69, 9.17) is 9.47 Å². The quantitative estimate of drug-likeness (QED) is 0.498. The van der Waals surface area contributed by atoms with E-state index in [2.05, 4.69) is 15.7 Å². The van der Waals surface area contributed by atoms with Crippen LogP contribution in [0.15, 0.2) is 30.5 Å². The topological polar surface area (TPSA) is 95.7 Å². The van der Waals surface area contributed by atoms with Crippen LogP contribution < -0.4 is 10.7 Å². The molecule has 1 aromatic carbocycles. The normalized spacial score (nSPS) is 32.4. The van der Waals surface area contributed by atoms with Crippen molar-refractivity contribution in [2.45, 2.75) is 76.0 Å². The average Bonchev–Trinajstić information content (AvgIpc) is 3.48. The minimum atomic E-state index is -1.19. The summed E-state index contributed by atoms with van der Waals surface area (Å²) in [5, 5.41) is 6.05. The number of aromatic nitrogens is 1. The van der Waals surface area contributed by atoms with Crippen molar-refractivity contribution in [2.24, 2.45) is 23.7 Å². The molecule has 2 aromatic rings. The summed E-state index contributed by atoms with van der Waals surface area (Å²) in [6, 6.07) is 8.17. The summed E-state index contributed by atoms with van der Waals surface area (Å²) in [7, 11) is 1.68. The number of nitrogens with one attached hydrogen (secondary N) is 3. The number of hydrogen-bond donors (Lipinski definition) is 3. The Balaban J connectivity index is 1.20. The van der Waals surface area contributed by atoms with Crippen LogP contribution in [0.25, 0.3) is 10.9 Å². The number of carbonyl (C=O) groups excluding carboxylic acids is 2. The van der Waals surface area contributed by atoms with Gasteiger partial charge in [0, 0.05) is 37.2 Å². The molecule has 8 heteroatoms. The van der Waals surface area contributed by atoms with Gasteiger partial charge in [-0.2, -0.15) is 0 Å². The van der Waals surface area contributed by atoms with Gasteiger partial charge in [-0.1, -0.05) is 18.2 Å². The fourth-order valence-electron chi connectivity index (χ4n) is 7.89. The molecule has 5 fully saturated rings. The van der Waals surface area contributed by atoms with Crippen molar-refractivity contribution in [1.29, 1.82) is 0 Å². The van der Waals surface area contributed by atoms with Crippen molar-refractivity contribution in [3.05, 3.63) is 36.0 Å². The van der Waals surface area contributed by atoms with Crippen molar-refractivity contribution in [1.82, 2.24) is 20.7 Å². The lowest BCUT2D eigenvalue weighted by molar-refractivity contribution is -0.133. The third kappa shape index (κ3) is 4.86. The van der Waals surface area contributed by atoms with Gasteiger partial charge in [-0.3, -0.25) is 10.2 Å². The van der Waals surface area contributed by atoms with E-state index >= 15 is 0 Å². The van der Waals surface area contributed by atoms with Crippen LogP contribution in [0.4, 0.5) is 4.79 Å². The van der Waals surface area contributed by atoms with Crippen LogP contribution in [0.2, 0.25) is 0 Å². The van der Waals surface area contributed by atoms with Gasteiger partial charge in [0.15, 0.2) is 0 Å². The van der Waals surface area contributed by atoms with Crippen molar-refractivity contribution in [3.8, 4) is 0 Å². The van der Waals surface area contributed by atoms with Crippen molar-refractivity contribution >= 4 is 22.9 Å². The Hall–Kier alpha value is -2.58. The highest BCUT2D eigenvalue weighted by molar-refractivity contribution is 5.91. The Kier molecular flexibility index (Phi) is 6.65. The summed E-state index contributed by atoms with van der Waals surface area (Å²) in [5.41, 5.74) is 3.92. The van der Waals surface area contributed by atoms with Gasteiger partial charge >= 0.3 is 6.09 Å². The van der Waals surface area contributed by atoms with Crippen LogP contribution in [0.1, 0.15) is 57.4 Å². The number of hydrazine groups is 1. The van der Waals surface area contributed by atoms with Gasteiger partial charge < -0.3 is 19.8 Å². The van der Waals surface area contributed by atoms with E-state index in [1.165, 1.54) is 32.1 Å². The number of nitrogens with zero attached hydrogens (tertiary/aromatic N) is 1. The van der Waals surface area contributed by atoms with Gasteiger partial charge in [-0.05, 0) is 87.2 Å². The zero-order valence-corrected chi connectivity index (χ0v) is 22.0. The van der Waals surface area contributed by atoms with Gasteiger partial charge in [-0.15, -0.1) is 0 Å². The summed E-state index contributed by atoms with van der Waals surface area (Å²) >= 11 is 0. The number of amides is 2. The molecule has 0 spiro atoms. The molecule has 1 aromatic heterocycles. The third-order valence-electron chi connectivity index (χ3n) is 9.46. The second-order valence-corrected chi connectivity index (χ2v) is 12.2. The monoisotopic (exact) mass is 508 g/mol. The van der Waals surface area contributed by atoms with E-state index in [1.807, 2.05) is 42.4 Å². The maximum absolute atomic E-state index is 13.8. The number of hydrogen-bond acceptors (Lipinski definition) is 5. The Morgan fingerprint density at radius 2 is 1.84 bits per heavy atom. The Morgan fingerprint density at radius 1 is 1.11 bits per heavy atom. The lowest BCUT2D eigenvalue weighted by Gasteiger charge is -2.53. The molecule has 1 aliphatic heterocycles. The molecule has 1 saturated heterocycles. The SMILES string of the molecule is COC[C@@H]1CCCN1NC(=O)[C@@](C)(Cc1c[nH]c2ccccc12)NC(=O)OC1C2CC3CC(C2)CC1C3. The molecule has 5 aliphatic rings. The predicted octanol–water partition coefficient (Wildman–Crippen LogP) is 4.16. The molecule has 0 unspecified atom stereocenters. The first-order chi connectivity index (χ1) is 17.9. The van der Waals surface area contributed by atoms with E-state index < -0.39 is 11.6 Å². The number of alkyl carbamates (subject to hydrolysis) is 1. The number of ether oxygens (including phenoxy) is 2. The number of fused-ring (bicyclic) bond motifs is 1. The molecule has 200 valence electrons. The van der Waals surface area contributed by atoms with Gasteiger partial charge in [0.05, 0.1) is 12.6 Å². The van der Waals surface area contributed by atoms with Crippen LogP contribution in [0, 0.1) is 23.7 Å². The number of rotatable bonds is 8. The standard InChI is InChI=1S/C29H40N4O4/c1-29(15-22-16-30-25-8-4-3-7-24(22)25,27(34)32-33-9-5-6-23(33)17-36-2)31-28(35)37-26-20-11-18-10-19(13-20)14-21(26)12-18/h3-4,7-8,16,18-21,23,26,30H,5-6,9-15,17H2,1-2H3,(H,31,35)(H,32,34)/t18?,19?,20?,21?,23-,26?,29+/m0/s1. The van der Waals surface area contributed by atoms with Gasteiger partial charge in [0.25, 0.3) is 5.91 Å². The number of aromatic amines is 1. The molecule has 2 atom stereocenters. The van der Waals surface area contributed by atoms with Gasteiger partial charge in [0.1, 0.15) is 11.6 Å². The third-order valence-corrected chi connectivity index (χ3v) is 9.46. The smallest absolute Gasteiger partial charge is 0.408 e. The fourth-order valence-corrected chi connectivity index (χ4v) is 7.89. The van der Waals surface area contributed by atoms with E-state index in [9.17, 15) is 9.59 Å². The Morgan fingerprint density at radius 3 is 2.57 bits per heavy atom. The highest BCUT2D eigenvalue weighted by atomic mass is 16.6. The van der Waals surface area contributed by atoms with Gasteiger partial charge in [-0.25, -0.2) is 9.80 Å². The molecular weight excluding hydrogens is 468 g/mol. The first-order valence-corrected chi connectivity index (χ1v) is 14.0. The van der Waals surface area contributed by atoms with E-state index in [1.54, 1.807) is 7.11 Å². The first kappa shape index (κ1) is 24.7. The highest BCUT2D eigenvalue weighted by Crippen LogP contribution is 2.54. The lowest BCUT2D eigenvalue weighted by atomic mass is 9.55. The maximum Gasteiger partial charge on any atom is 0.408 e. The van der Waals surface area contributed by atoms with Crippen molar-refractivity contribution in [3.63, 3.8) is 0 Å². The van der Waals surface area contributed by atoms with Gasteiger partial charge in [0.2, 0.25) is 0 Å². The second-order valence-electron chi connectivity index (χ2n) is 12.2. The minimum absolute atomic E-state index is 0.0298. The zero-order valence-electron chi connectivity index (χ0n) is 22.0. The van der Waals surface area contributed by atoms with Crippen LogP contribution in [-0.4, -0.2) is 59.9 Å². The molecule has 4 bridgehead atoms. The number of methoxy groups -OCH3 is 1. The summed E-state index contributed by atoms with van der Waals surface area (Å²) in [6.45, 7) is 3.13. The number of H-pyrrole nitrogens is 1. The molecular formula is C29H40N4O4. The molecule has 4 saturated carbocycles. The van der Waals surface area contributed by atoms with Crippen molar-refractivity contribution in [2.75, 3.05) is 20.3 Å². The summed E-state index contributed by atoms with van der Waals surface area (Å²) in [5.74, 6) is 2.32. The molecule has 8 nitrogen and oxygen atoms in total. The minimum Gasteiger partial charge on any atom is -0.446 e. The van der Waals surface area contributed by atoms with E-state index in [0.29, 0.717) is 24.9 Å². The first-order valence-electron chi connectivity index (χ1n) is 14.0. The Labute approximate surface area is 218 Å². The molecule has 7 rings (SSSR count). The predicted molar refractivity (Wildman–Crippen MR) is 141 cm³/mol. The van der Waals surface area contributed by atoms with Crippen LogP contribution in [0.3, 0.4) is 0 Å².